The average Bonchev–Trinajstić information content (AvgIpc) is 2.49. The van der Waals surface area contributed by atoms with E-state index in [9.17, 15) is 0 Å². The third-order valence-corrected chi connectivity index (χ3v) is 2.79. The maximum atomic E-state index is 4.27. The van der Waals surface area contributed by atoms with E-state index >= 15 is 0 Å². The van der Waals surface area contributed by atoms with Gasteiger partial charge in [-0.1, -0.05) is 48.5 Å². The van der Waals surface area contributed by atoms with Gasteiger partial charge in [0.15, 0.2) is 5.82 Å². The Morgan fingerprint density at radius 2 is 1.22 bits per heavy atom. The Morgan fingerprint density at radius 3 is 2.00 bits per heavy atom. The quantitative estimate of drug-likeness (QED) is 0.671. The van der Waals surface area contributed by atoms with E-state index in [0.29, 0.717) is 0 Å². The maximum Gasteiger partial charge on any atom is 0.159 e. The Balaban J connectivity index is 2.05. The van der Waals surface area contributed by atoms with Gasteiger partial charge in [0, 0.05) is 18.0 Å². The SMILES string of the molecule is c1ccc(-c2cccc(-c3ncccn3)c2)cc1. The Morgan fingerprint density at radius 1 is 0.556 bits per heavy atom. The van der Waals surface area contributed by atoms with Crippen LogP contribution in [-0.4, -0.2) is 9.97 Å². The van der Waals surface area contributed by atoms with Crippen LogP contribution in [0.5, 0.6) is 0 Å². The van der Waals surface area contributed by atoms with Gasteiger partial charge < -0.3 is 0 Å². The van der Waals surface area contributed by atoms with Gasteiger partial charge in [0.1, 0.15) is 0 Å². The average molecular weight is 232 g/mol. The van der Waals surface area contributed by atoms with Crippen LogP contribution in [0.4, 0.5) is 0 Å². The fourth-order valence-electron chi connectivity index (χ4n) is 1.92. The van der Waals surface area contributed by atoms with Gasteiger partial charge in [-0.2, -0.15) is 0 Å². The van der Waals surface area contributed by atoms with Crippen molar-refractivity contribution in [3.8, 4) is 22.5 Å². The highest BCUT2D eigenvalue weighted by atomic mass is 14.8. The monoisotopic (exact) mass is 232 g/mol. The summed E-state index contributed by atoms with van der Waals surface area (Å²) in [5.74, 6) is 0.760. The summed E-state index contributed by atoms with van der Waals surface area (Å²) < 4.78 is 0. The lowest BCUT2D eigenvalue weighted by Crippen LogP contribution is -1.87. The zero-order valence-electron chi connectivity index (χ0n) is 9.82. The Bertz CT molecular complexity index is 579. The first-order valence-corrected chi connectivity index (χ1v) is 5.86. The van der Waals surface area contributed by atoms with Crippen molar-refractivity contribution in [2.75, 3.05) is 0 Å². The summed E-state index contributed by atoms with van der Waals surface area (Å²) in [7, 11) is 0. The summed E-state index contributed by atoms with van der Waals surface area (Å²) in [5.41, 5.74) is 3.42. The molecule has 1 aromatic heterocycles. The molecule has 2 aromatic carbocycles. The normalized spacial score (nSPS) is 10.2. The van der Waals surface area contributed by atoms with Crippen molar-refractivity contribution >= 4 is 0 Å². The van der Waals surface area contributed by atoms with Crippen LogP contribution in [0, 0.1) is 0 Å². The highest BCUT2D eigenvalue weighted by Gasteiger charge is 2.02. The van der Waals surface area contributed by atoms with Gasteiger partial charge in [-0.3, -0.25) is 0 Å². The highest BCUT2D eigenvalue weighted by Crippen LogP contribution is 2.23. The molecule has 0 saturated heterocycles. The minimum atomic E-state index is 0.760. The molecule has 0 bridgehead atoms. The van der Waals surface area contributed by atoms with Crippen LogP contribution in [0.15, 0.2) is 73.1 Å². The zero-order valence-corrected chi connectivity index (χ0v) is 9.82. The van der Waals surface area contributed by atoms with Crippen molar-refractivity contribution in [2.24, 2.45) is 0 Å². The molecule has 3 rings (SSSR count). The molecule has 2 nitrogen and oxygen atoms in total. The van der Waals surface area contributed by atoms with Crippen LogP contribution in [0.25, 0.3) is 22.5 Å². The molecular weight excluding hydrogens is 220 g/mol. The summed E-state index contributed by atoms with van der Waals surface area (Å²) in [5, 5.41) is 0. The number of aromatic nitrogens is 2. The van der Waals surface area contributed by atoms with Crippen molar-refractivity contribution in [2.45, 2.75) is 0 Å². The lowest BCUT2D eigenvalue weighted by molar-refractivity contribution is 1.18. The van der Waals surface area contributed by atoms with E-state index in [-0.39, 0.29) is 0 Å². The van der Waals surface area contributed by atoms with Crippen LogP contribution >= 0.6 is 0 Å². The number of hydrogen-bond donors (Lipinski definition) is 0. The molecule has 2 heteroatoms. The van der Waals surface area contributed by atoms with Crippen LogP contribution in [0.1, 0.15) is 0 Å². The molecule has 0 spiro atoms. The van der Waals surface area contributed by atoms with E-state index in [1.807, 2.05) is 36.4 Å². The predicted octanol–water partition coefficient (Wildman–Crippen LogP) is 3.81. The zero-order chi connectivity index (χ0) is 12.2. The fraction of sp³-hybridized carbons (Fsp3) is 0. The first kappa shape index (κ1) is 10.7. The van der Waals surface area contributed by atoms with Gasteiger partial charge in [0.25, 0.3) is 0 Å². The Kier molecular flexibility index (Phi) is 2.84. The van der Waals surface area contributed by atoms with E-state index in [1.165, 1.54) is 11.1 Å². The molecule has 0 fully saturated rings. The van der Waals surface area contributed by atoms with Crippen LogP contribution in [0.2, 0.25) is 0 Å². The molecule has 0 radical (unpaired) electrons. The van der Waals surface area contributed by atoms with E-state index in [2.05, 4.69) is 34.2 Å². The first-order valence-electron chi connectivity index (χ1n) is 5.86. The van der Waals surface area contributed by atoms with Crippen LogP contribution in [0.3, 0.4) is 0 Å². The largest absolute Gasteiger partial charge is 0.237 e. The predicted molar refractivity (Wildman–Crippen MR) is 72.9 cm³/mol. The lowest BCUT2D eigenvalue weighted by Gasteiger charge is -2.04. The maximum absolute atomic E-state index is 4.27. The second-order valence-corrected chi connectivity index (χ2v) is 4.02. The molecule has 0 unspecified atom stereocenters. The first-order chi connectivity index (χ1) is 8.93. The van der Waals surface area contributed by atoms with Gasteiger partial charge in [0.2, 0.25) is 0 Å². The van der Waals surface area contributed by atoms with Gasteiger partial charge in [-0.15, -0.1) is 0 Å². The van der Waals surface area contributed by atoms with Gasteiger partial charge in [-0.05, 0) is 23.3 Å². The number of benzene rings is 2. The standard InChI is InChI=1S/C16H12N2/c1-2-6-13(7-3-1)14-8-4-9-15(12-14)16-17-10-5-11-18-16/h1-12H. The summed E-state index contributed by atoms with van der Waals surface area (Å²) >= 11 is 0. The van der Waals surface area contributed by atoms with E-state index < -0.39 is 0 Å². The molecule has 0 N–H and O–H groups in total. The minimum Gasteiger partial charge on any atom is -0.237 e. The van der Waals surface area contributed by atoms with Crippen LogP contribution in [-0.2, 0) is 0 Å². The molecule has 1 heterocycles. The van der Waals surface area contributed by atoms with Crippen LogP contribution < -0.4 is 0 Å². The van der Waals surface area contributed by atoms with Gasteiger partial charge >= 0.3 is 0 Å². The second-order valence-electron chi connectivity index (χ2n) is 4.02. The van der Waals surface area contributed by atoms with Gasteiger partial charge in [-0.25, -0.2) is 9.97 Å². The van der Waals surface area contributed by atoms with E-state index in [1.54, 1.807) is 12.4 Å². The highest BCUT2D eigenvalue weighted by molar-refractivity contribution is 5.69. The fourth-order valence-corrected chi connectivity index (χ4v) is 1.92. The Labute approximate surface area is 106 Å². The molecule has 0 saturated carbocycles. The third-order valence-electron chi connectivity index (χ3n) is 2.79. The molecule has 86 valence electrons. The smallest absolute Gasteiger partial charge is 0.159 e. The Hall–Kier alpha value is -2.48. The number of rotatable bonds is 2. The number of hydrogen-bond acceptors (Lipinski definition) is 2. The van der Waals surface area contributed by atoms with Crippen molar-refractivity contribution < 1.29 is 0 Å². The molecule has 0 amide bonds. The molecule has 0 aliphatic rings. The third kappa shape index (κ3) is 2.13. The molecule has 0 atom stereocenters. The van der Waals surface area contributed by atoms with Crippen molar-refractivity contribution in [3.63, 3.8) is 0 Å². The van der Waals surface area contributed by atoms with E-state index in [0.717, 1.165) is 11.4 Å². The molecule has 0 aliphatic heterocycles. The van der Waals surface area contributed by atoms with Crippen molar-refractivity contribution in [1.82, 2.24) is 9.97 Å². The molecule has 0 aliphatic carbocycles. The molecule has 18 heavy (non-hydrogen) atoms. The minimum absolute atomic E-state index is 0.760. The molecular formula is C16H12N2. The summed E-state index contributed by atoms with van der Waals surface area (Å²) in [6.07, 6.45) is 3.52. The van der Waals surface area contributed by atoms with E-state index in [4.69, 9.17) is 0 Å². The summed E-state index contributed by atoms with van der Waals surface area (Å²) in [6.45, 7) is 0. The second kappa shape index (κ2) is 4.80. The lowest BCUT2D eigenvalue weighted by atomic mass is 10.0. The van der Waals surface area contributed by atoms with Crippen molar-refractivity contribution in [3.05, 3.63) is 73.1 Å². The summed E-state index contributed by atoms with van der Waals surface area (Å²) in [6, 6.07) is 20.4. The van der Waals surface area contributed by atoms with Crippen molar-refractivity contribution in [1.29, 1.82) is 0 Å². The molecule has 3 aromatic rings. The topological polar surface area (TPSA) is 25.8 Å². The summed E-state index contributed by atoms with van der Waals surface area (Å²) in [4.78, 5) is 8.55. The number of nitrogens with zero attached hydrogens (tertiary/aromatic N) is 2. The van der Waals surface area contributed by atoms with Gasteiger partial charge in [0.05, 0.1) is 0 Å².